The zero-order chi connectivity index (χ0) is 18.8. The molecular weight excluding hydrogens is 312 g/mol. The molecule has 4 aromatic carbocycles. The van der Waals surface area contributed by atoms with Gasteiger partial charge in [0.15, 0.2) is 0 Å². The fraction of sp³-hybridized carbons (Fsp3) is 0.154. The van der Waals surface area contributed by atoms with Crippen LogP contribution in [0.25, 0.3) is 33.0 Å². The maximum absolute atomic E-state index is 2.30. The van der Waals surface area contributed by atoms with E-state index in [0.717, 1.165) is 0 Å². The van der Waals surface area contributed by atoms with Gasteiger partial charge >= 0.3 is 0 Å². The summed E-state index contributed by atoms with van der Waals surface area (Å²) in [5, 5.41) is 2.56. The van der Waals surface area contributed by atoms with Gasteiger partial charge in [-0.1, -0.05) is 113 Å². The molecular formula is C26H28. The molecule has 4 aromatic rings. The van der Waals surface area contributed by atoms with Crippen LogP contribution in [0.4, 0.5) is 0 Å². The van der Waals surface area contributed by atoms with E-state index in [1.807, 2.05) is 27.7 Å². The average Bonchev–Trinajstić information content (AvgIpc) is 2.77. The first-order valence-electron chi connectivity index (χ1n) is 9.55. The third kappa shape index (κ3) is 4.40. The van der Waals surface area contributed by atoms with Crippen molar-refractivity contribution >= 4 is 10.8 Å². The highest BCUT2D eigenvalue weighted by Crippen LogP contribution is 2.35. The van der Waals surface area contributed by atoms with Crippen molar-refractivity contribution in [3.63, 3.8) is 0 Å². The summed E-state index contributed by atoms with van der Waals surface area (Å²) in [7, 11) is 0. The van der Waals surface area contributed by atoms with Gasteiger partial charge in [0.05, 0.1) is 0 Å². The topological polar surface area (TPSA) is 0 Å². The minimum absolute atomic E-state index is 1.26. The van der Waals surface area contributed by atoms with Gasteiger partial charge in [-0.3, -0.25) is 0 Å². The molecule has 0 N–H and O–H groups in total. The highest BCUT2D eigenvalue weighted by molar-refractivity contribution is 5.96. The van der Waals surface area contributed by atoms with Crippen LogP contribution >= 0.6 is 0 Å². The minimum atomic E-state index is 1.26. The Morgan fingerprint density at radius 3 is 1.04 bits per heavy atom. The molecule has 0 aromatic heterocycles. The number of fused-ring (bicyclic) bond motifs is 1. The Balaban J connectivity index is 0.000000570. The normalized spacial score (nSPS) is 9.54. The van der Waals surface area contributed by atoms with Crippen molar-refractivity contribution in [3.8, 4) is 22.3 Å². The lowest BCUT2D eigenvalue weighted by atomic mass is 9.91. The molecule has 0 nitrogen and oxygen atoms in total. The SMILES string of the molecule is CC.CC.c1ccc(-c2cc3ccccc3cc2-c2ccccc2)cc1. The fourth-order valence-corrected chi connectivity index (χ4v) is 2.95. The van der Waals surface area contributed by atoms with E-state index in [4.69, 9.17) is 0 Å². The predicted molar refractivity (Wildman–Crippen MR) is 118 cm³/mol. The second-order valence-corrected chi connectivity index (χ2v) is 5.48. The Kier molecular flexibility index (Phi) is 7.64. The third-order valence-electron chi connectivity index (χ3n) is 4.06. The molecule has 0 saturated carbocycles. The zero-order valence-electron chi connectivity index (χ0n) is 16.2. The molecule has 0 aliphatic heterocycles. The van der Waals surface area contributed by atoms with E-state index in [1.165, 1.54) is 33.0 Å². The van der Waals surface area contributed by atoms with Gasteiger partial charge in [-0.15, -0.1) is 0 Å². The van der Waals surface area contributed by atoms with E-state index in [-0.39, 0.29) is 0 Å². The summed E-state index contributed by atoms with van der Waals surface area (Å²) in [4.78, 5) is 0. The Labute approximate surface area is 158 Å². The van der Waals surface area contributed by atoms with Crippen molar-refractivity contribution in [1.82, 2.24) is 0 Å². The molecule has 0 fully saturated rings. The lowest BCUT2D eigenvalue weighted by molar-refractivity contribution is 1.50. The number of hydrogen-bond acceptors (Lipinski definition) is 0. The molecule has 0 spiro atoms. The van der Waals surface area contributed by atoms with Gasteiger partial charge in [0.1, 0.15) is 0 Å². The quantitative estimate of drug-likeness (QED) is 0.345. The van der Waals surface area contributed by atoms with E-state index in [9.17, 15) is 0 Å². The molecule has 0 aliphatic rings. The van der Waals surface area contributed by atoms with Crippen LogP contribution in [0.3, 0.4) is 0 Å². The number of benzene rings is 4. The minimum Gasteiger partial charge on any atom is -0.0683 e. The molecule has 132 valence electrons. The predicted octanol–water partition coefficient (Wildman–Crippen LogP) is 8.23. The van der Waals surface area contributed by atoms with Gasteiger partial charge in [0.2, 0.25) is 0 Å². The van der Waals surface area contributed by atoms with E-state index in [2.05, 4.69) is 97.1 Å². The van der Waals surface area contributed by atoms with E-state index in [1.54, 1.807) is 0 Å². The second kappa shape index (κ2) is 10.2. The molecule has 0 radical (unpaired) electrons. The van der Waals surface area contributed by atoms with Crippen molar-refractivity contribution < 1.29 is 0 Å². The van der Waals surface area contributed by atoms with Crippen molar-refractivity contribution in [2.75, 3.05) is 0 Å². The van der Waals surface area contributed by atoms with Crippen LogP contribution in [0.2, 0.25) is 0 Å². The van der Waals surface area contributed by atoms with Crippen molar-refractivity contribution in [1.29, 1.82) is 0 Å². The smallest absolute Gasteiger partial charge is 0.00990 e. The molecule has 0 saturated heterocycles. The van der Waals surface area contributed by atoms with Crippen LogP contribution in [0.15, 0.2) is 97.1 Å². The molecule has 0 aliphatic carbocycles. The summed E-state index contributed by atoms with van der Waals surface area (Å²) < 4.78 is 0. The first kappa shape index (κ1) is 19.5. The molecule has 0 amide bonds. The van der Waals surface area contributed by atoms with Crippen molar-refractivity contribution in [2.45, 2.75) is 27.7 Å². The first-order valence-corrected chi connectivity index (χ1v) is 9.55. The Morgan fingerprint density at radius 1 is 0.385 bits per heavy atom. The van der Waals surface area contributed by atoms with Gasteiger partial charge in [0.25, 0.3) is 0 Å². The third-order valence-corrected chi connectivity index (χ3v) is 4.06. The summed E-state index contributed by atoms with van der Waals surface area (Å²) in [6.07, 6.45) is 0. The van der Waals surface area contributed by atoms with E-state index < -0.39 is 0 Å². The van der Waals surface area contributed by atoms with Crippen LogP contribution in [-0.4, -0.2) is 0 Å². The van der Waals surface area contributed by atoms with Crippen LogP contribution in [0.1, 0.15) is 27.7 Å². The van der Waals surface area contributed by atoms with E-state index in [0.29, 0.717) is 0 Å². The summed E-state index contributed by atoms with van der Waals surface area (Å²) in [5.74, 6) is 0. The van der Waals surface area contributed by atoms with Gasteiger partial charge in [-0.05, 0) is 45.2 Å². The fourth-order valence-electron chi connectivity index (χ4n) is 2.95. The first-order chi connectivity index (χ1) is 12.9. The summed E-state index contributed by atoms with van der Waals surface area (Å²) in [6.45, 7) is 8.00. The maximum atomic E-state index is 2.30. The zero-order valence-corrected chi connectivity index (χ0v) is 16.2. The van der Waals surface area contributed by atoms with Crippen molar-refractivity contribution in [2.24, 2.45) is 0 Å². The van der Waals surface area contributed by atoms with E-state index >= 15 is 0 Å². The van der Waals surface area contributed by atoms with Gasteiger partial charge in [0, 0.05) is 0 Å². The largest absolute Gasteiger partial charge is 0.0683 e. The molecule has 0 unspecified atom stereocenters. The van der Waals surface area contributed by atoms with Crippen LogP contribution in [0.5, 0.6) is 0 Å². The summed E-state index contributed by atoms with van der Waals surface area (Å²) in [5.41, 5.74) is 5.08. The lowest BCUT2D eigenvalue weighted by Crippen LogP contribution is -1.86. The van der Waals surface area contributed by atoms with Crippen LogP contribution in [0, 0.1) is 0 Å². The van der Waals surface area contributed by atoms with Gasteiger partial charge in [-0.2, -0.15) is 0 Å². The Hall–Kier alpha value is -2.86. The highest BCUT2D eigenvalue weighted by atomic mass is 14.1. The van der Waals surface area contributed by atoms with Crippen molar-refractivity contribution in [3.05, 3.63) is 97.1 Å². The molecule has 0 bridgehead atoms. The second-order valence-electron chi connectivity index (χ2n) is 5.48. The van der Waals surface area contributed by atoms with Crippen LogP contribution < -0.4 is 0 Å². The molecule has 0 heteroatoms. The highest BCUT2D eigenvalue weighted by Gasteiger charge is 2.09. The lowest BCUT2D eigenvalue weighted by Gasteiger charge is -2.12. The Morgan fingerprint density at radius 2 is 0.692 bits per heavy atom. The average molecular weight is 341 g/mol. The monoisotopic (exact) mass is 340 g/mol. The Bertz CT molecular complexity index is 828. The standard InChI is InChI=1S/C22H16.2C2H6/c1-3-9-17(10-4-1)21-15-19-13-7-8-14-20(19)16-22(21)18-11-5-2-6-12-18;2*1-2/h1-16H;2*1-2H3. The number of rotatable bonds is 2. The summed E-state index contributed by atoms with van der Waals surface area (Å²) >= 11 is 0. The summed E-state index contributed by atoms with van der Waals surface area (Å²) in [6, 6.07) is 34.4. The van der Waals surface area contributed by atoms with Gasteiger partial charge < -0.3 is 0 Å². The molecule has 0 heterocycles. The molecule has 26 heavy (non-hydrogen) atoms. The van der Waals surface area contributed by atoms with Gasteiger partial charge in [-0.25, -0.2) is 0 Å². The molecule has 4 rings (SSSR count). The molecule has 0 atom stereocenters. The van der Waals surface area contributed by atoms with Crippen LogP contribution in [-0.2, 0) is 0 Å². The maximum Gasteiger partial charge on any atom is -0.00990 e. The number of hydrogen-bond donors (Lipinski definition) is 0.